The Labute approximate surface area is 160 Å². The maximum absolute atomic E-state index is 5.76. The molecule has 0 bridgehead atoms. The van der Waals surface area contributed by atoms with Crippen LogP contribution >= 0.6 is 0 Å². The van der Waals surface area contributed by atoms with Gasteiger partial charge in [0.25, 0.3) is 0 Å². The van der Waals surface area contributed by atoms with Crippen molar-refractivity contribution in [1.82, 2.24) is 15.5 Å². The summed E-state index contributed by atoms with van der Waals surface area (Å²) < 4.78 is 11.1. The zero-order valence-electron chi connectivity index (χ0n) is 17.1. The van der Waals surface area contributed by atoms with Crippen LogP contribution in [-0.4, -0.2) is 76.1 Å². The minimum atomic E-state index is 0.537. The molecule has 0 aromatic carbocycles. The summed E-state index contributed by atoms with van der Waals surface area (Å²) in [5.74, 6) is 2.31. The van der Waals surface area contributed by atoms with Crippen LogP contribution in [0.15, 0.2) is 4.99 Å². The topological polar surface area (TPSA) is 58.1 Å². The van der Waals surface area contributed by atoms with Crippen molar-refractivity contribution in [2.24, 2.45) is 16.8 Å². The second kappa shape index (κ2) is 12.5. The average Bonchev–Trinajstić information content (AvgIpc) is 3.12. The number of piperidine rings is 1. The molecule has 0 aromatic rings. The minimum Gasteiger partial charge on any atom is -0.381 e. The highest BCUT2D eigenvalue weighted by molar-refractivity contribution is 5.80. The Balaban J connectivity index is 1.60. The normalized spacial score (nSPS) is 22.9. The highest BCUT2D eigenvalue weighted by atomic mass is 16.5. The molecule has 2 aliphatic heterocycles. The van der Waals surface area contributed by atoms with E-state index in [1.165, 1.54) is 32.5 Å². The Morgan fingerprint density at radius 1 is 1.27 bits per heavy atom. The van der Waals surface area contributed by atoms with Gasteiger partial charge in [0.15, 0.2) is 5.96 Å². The number of guanidine groups is 1. The van der Waals surface area contributed by atoms with Gasteiger partial charge in [0.05, 0.1) is 13.2 Å². The Bertz CT molecular complexity index is 389. The smallest absolute Gasteiger partial charge is 0.191 e. The van der Waals surface area contributed by atoms with Gasteiger partial charge in [-0.2, -0.15) is 0 Å². The van der Waals surface area contributed by atoms with Gasteiger partial charge in [0.1, 0.15) is 0 Å². The van der Waals surface area contributed by atoms with Crippen molar-refractivity contribution < 1.29 is 9.47 Å². The standard InChI is InChI=1S/C20H40N4O2/c1-4-21-20(22-9-5-12-25-15-18-8-13-26-16-18)23-19-6-10-24(11-7-19)14-17(2)3/h17-19H,4-16H2,1-3H3,(H2,21,22,23). The summed E-state index contributed by atoms with van der Waals surface area (Å²) in [5.41, 5.74) is 0. The van der Waals surface area contributed by atoms with Crippen LogP contribution in [0, 0.1) is 11.8 Å². The molecule has 2 fully saturated rings. The lowest BCUT2D eigenvalue weighted by atomic mass is 10.0. The van der Waals surface area contributed by atoms with Gasteiger partial charge in [-0.25, -0.2) is 0 Å². The molecule has 0 amide bonds. The van der Waals surface area contributed by atoms with Crippen LogP contribution in [0.4, 0.5) is 0 Å². The monoisotopic (exact) mass is 368 g/mol. The molecule has 1 unspecified atom stereocenters. The lowest BCUT2D eigenvalue weighted by molar-refractivity contribution is 0.0893. The molecule has 0 aromatic heterocycles. The third-order valence-corrected chi connectivity index (χ3v) is 4.99. The van der Waals surface area contributed by atoms with Crippen LogP contribution in [0.5, 0.6) is 0 Å². The molecule has 2 saturated heterocycles. The van der Waals surface area contributed by atoms with Crippen molar-refractivity contribution in [3.05, 3.63) is 0 Å². The van der Waals surface area contributed by atoms with Gasteiger partial charge in [-0.3, -0.25) is 4.99 Å². The molecule has 152 valence electrons. The number of nitrogens with zero attached hydrogens (tertiary/aromatic N) is 2. The van der Waals surface area contributed by atoms with Crippen molar-refractivity contribution in [2.75, 3.05) is 59.2 Å². The van der Waals surface area contributed by atoms with Gasteiger partial charge in [0.2, 0.25) is 0 Å². The molecule has 6 nitrogen and oxygen atoms in total. The van der Waals surface area contributed by atoms with Crippen molar-refractivity contribution in [3.8, 4) is 0 Å². The fourth-order valence-electron chi connectivity index (χ4n) is 3.61. The third kappa shape index (κ3) is 8.69. The van der Waals surface area contributed by atoms with E-state index in [4.69, 9.17) is 14.5 Å². The maximum atomic E-state index is 5.76. The Morgan fingerprint density at radius 3 is 2.73 bits per heavy atom. The quantitative estimate of drug-likeness (QED) is 0.351. The van der Waals surface area contributed by atoms with Gasteiger partial charge in [-0.15, -0.1) is 0 Å². The zero-order chi connectivity index (χ0) is 18.6. The van der Waals surface area contributed by atoms with E-state index in [9.17, 15) is 0 Å². The molecular formula is C20H40N4O2. The average molecular weight is 369 g/mol. The van der Waals surface area contributed by atoms with Crippen LogP contribution in [0.25, 0.3) is 0 Å². The first-order chi connectivity index (χ1) is 12.7. The van der Waals surface area contributed by atoms with E-state index in [-0.39, 0.29) is 0 Å². The van der Waals surface area contributed by atoms with Crippen LogP contribution in [0.3, 0.4) is 0 Å². The molecule has 2 aliphatic rings. The van der Waals surface area contributed by atoms with Gasteiger partial charge >= 0.3 is 0 Å². The van der Waals surface area contributed by atoms with E-state index in [0.29, 0.717) is 12.0 Å². The van der Waals surface area contributed by atoms with Crippen LogP contribution in [0.2, 0.25) is 0 Å². The first-order valence-electron chi connectivity index (χ1n) is 10.6. The molecule has 2 heterocycles. The van der Waals surface area contributed by atoms with E-state index in [2.05, 4.69) is 36.3 Å². The summed E-state index contributed by atoms with van der Waals surface area (Å²) in [6, 6.07) is 0.537. The molecule has 1 atom stereocenters. The van der Waals surface area contributed by atoms with Crippen molar-refractivity contribution in [1.29, 1.82) is 0 Å². The number of ether oxygens (including phenoxy) is 2. The Morgan fingerprint density at radius 2 is 2.08 bits per heavy atom. The molecule has 2 rings (SSSR count). The first kappa shape index (κ1) is 21.5. The minimum absolute atomic E-state index is 0.537. The molecule has 2 N–H and O–H groups in total. The summed E-state index contributed by atoms with van der Waals surface area (Å²) in [7, 11) is 0. The Hall–Kier alpha value is -0.850. The van der Waals surface area contributed by atoms with Gasteiger partial charge in [-0.1, -0.05) is 13.8 Å². The maximum Gasteiger partial charge on any atom is 0.191 e. The van der Waals surface area contributed by atoms with E-state index in [0.717, 1.165) is 64.2 Å². The predicted molar refractivity (Wildman–Crippen MR) is 108 cm³/mol. The fourth-order valence-corrected chi connectivity index (χ4v) is 3.61. The van der Waals surface area contributed by atoms with Crippen molar-refractivity contribution in [2.45, 2.75) is 52.5 Å². The first-order valence-corrected chi connectivity index (χ1v) is 10.6. The summed E-state index contributed by atoms with van der Waals surface area (Å²) in [6.07, 6.45) is 4.51. The lowest BCUT2D eigenvalue weighted by Gasteiger charge is -2.34. The number of hydrogen-bond acceptors (Lipinski definition) is 4. The molecule has 6 heteroatoms. The van der Waals surface area contributed by atoms with Crippen molar-refractivity contribution in [3.63, 3.8) is 0 Å². The molecular weight excluding hydrogens is 328 g/mol. The highest BCUT2D eigenvalue weighted by Gasteiger charge is 2.20. The number of aliphatic imine (C=N–C) groups is 1. The van der Waals surface area contributed by atoms with E-state index in [1.54, 1.807) is 0 Å². The highest BCUT2D eigenvalue weighted by Crippen LogP contribution is 2.13. The third-order valence-electron chi connectivity index (χ3n) is 4.99. The van der Waals surface area contributed by atoms with E-state index < -0.39 is 0 Å². The molecule has 26 heavy (non-hydrogen) atoms. The van der Waals surface area contributed by atoms with E-state index >= 15 is 0 Å². The molecule has 0 spiro atoms. The Kier molecular flexibility index (Phi) is 10.3. The van der Waals surface area contributed by atoms with Crippen LogP contribution in [0.1, 0.15) is 46.5 Å². The second-order valence-electron chi connectivity index (χ2n) is 8.03. The van der Waals surface area contributed by atoms with Crippen LogP contribution in [-0.2, 0) is 9.47 Å². The molecule has 0 saturated carbocycles. The number of nitrogens with one attached hydrogen (secondary N) is 2. The lowest BCUT2D eigenvalue weighted by Crippen LogP contribution is -2.49. The van der Waals surface area contributed by atoms with E-state index in [1.807, 2.05) is 0 Å². The number of hydrogen-bond donors (Lipinski definition) is 2. The zero-order valence-corrected chi connectivity index (χ0v) is 17.1. The van der Waals surface area contributed by atoms with Crippen molar-refractivity contribution >= 4 is 5.96 Å². The largest absolute Gasteiger partial charge is 0.381 e. The summed E-state index contributed by atoms with van der Waals surface area (Å²) in [5, 5.41) is 7.00. The fraction of sp³-hybridized carbons (Fsp3) is 0.950. The van der Waals surface area contributed by atoms with Gasteiger partial charge in [0, 0.05) is 57.9 Å². The van der Waals surface area contributed by atoms with Gasteiger partial charge in [-0.05, 0) is 38.5 Å². The van der Waals surface area contributed by atoms with Crippen LogP contribution < -0.4 is 10.6 Å². The second-order valence-corrected chi connectivity index (χ2v) is 8.03. The number of likely N-dealkylation sites (tertiary alicyclic amines) is 1. The van der Waals surface area contributed by atoms with Gasteiger partial charge < -0.3 is 25.0 Å². The molecule has 0 radical (unpaired) electrons. The predicted octanol–water partition coefficient (Wildman–Crippen LogP) is 2.11. The summed E-state index contributed by atoms with van der Waals surface area (Å²) in [6.45, 7) is 15.4. The summed E-state index contributed by atoms with van der Waals surface area (Å²) >= 11 is 0. The summed E-state index contributed by atoms with van der Waals surface area (Å²) in [4.78, 5) is 7.30. The SMILES string of the molecule is CCNC(=NCCCOCC1CCOC1)NC1CCN(CC(C)C)CC1. The number of rotatable bonds is 10. The molecule has 0 aliphatic carbocycles.